The molecular formula is C13H15FN2O2. The number of aromatic amines is 1. The van der Waals surface area contributed by atoms with Crippen molar-refractivity contribution in [2.75, 3.05) is 6.61 Å². The van der Waals surface area contributed by atoms with Crippen LogP contribution in [0.5, 0.6) is 0 Å². The zero-order chi connectivity index (χ0) is 13.1. The first kappa shape index (κ1) is 12.6. The number of carbonyl (C=O) groups excluding carboxylic acids is 1. The van der Waals surface area contributed by atoms with E-state index >= 15 is 0 Å². The maximum absolute atomic E-state index is 13.2. The fraction of sp³-hybridized carbons (Fsp3) is 0.308. The Morgan fingerprint density at radius 1 is 1.56 bits per heavy atom. The second-order valence-electron chi connectivity index (χ2n) is 4.07. The fourth-order valence-electron chi connectivity index (χ4n) is 1.89. The van der Waals surface area contributed by atoms with Crippen molar-refractivity contribution in [2.45, 2.75) is 19.4 Å². The molecular weight excluding hydrogens is 235 g/mol. The second kappa shape index (κ2) is 5.18. The van der Waals surface area contributed by atoms with Gasteiger partial charge in [0.25, 0.3) is 0 Å². The molecule has 0 aliphatic heterocycles. The highest BCUT2D eigenvalue weighted by Gasteiger charge is 2.17. The molecule has 0 aliphatic carbocycles. The van der Waals surface area contributed by atoms with Crippen molar-refractivity contribution in [1.29, 1.82) is 0 Å². The van der Waals surface area contributed by atoms with Crippen LogP contribution in [-0.4, -0.2) is 23.6 Å². The third-order valence-corrected chi connectivity index (χ3v) is 2.76. The number of benzene rings is 1. The molecule has 0 saturated carbocycles. The zero-order valence-corrected chi connectivity index (χ0v) is 10.1. The minimum absolute atomic E-state index is 0.301. The Morgan fingerprint density at radius 3 is 3.06 bits per heavy atom. The van der Waals surface area contributed by atoms with Crippen LogP contribution in [-0.2, 0) is 16.0 Å². The lowest BCUT2D eigenvalue weighted by molar-refractivity contribution is -0.144. The van der Waals surface area contributed by atoms with Gasteiger partial charge in [0, 0.05) is 23.5 Å². The Hall–Kier alpha value is -1.88. The summed E-state index contributed by atoms with van der Waals surface area (Å²) >= 11 is 0. The molecule has 1 atom stereocenters. The van der Waals surface area contributed by atoms with Crippen molar-refractivity contribution >= 4 is 16.9 Å². The minimum Gasteiger partial charge on any atom is -0.465 e. The van der Waals surface area contributed by atoms with Gasteiger partial charge < -0.3 is 15.5 Å². The van der Waals surface area contributed by atoms with Crippen molar-refractivity contribution in [2.24, 2.45) is 5.73 Å². The van der Waals surface area contributed by atoms with Gasteiger partial charge in [-0.1, -0.05) is 0 Å². The maximum Gasteiger partial charge on any atom is 0.323 e. The number of H-pyrrole nitrogens is 1. The number of nitrogens with one attached hydrogen (secondary N) is 1. The lowest BCUT2D eigenvalue weighted by Gasteiger charge is -2.09. The van der Waals surface area contributed by atoms with Crippen LogP contribution >= 0.6 is 0 Å². The van der Waals surface area contributed by atoms with Crippen LogP contribution in [0.4, 0.5) is 4.39 Å². The summed E-state index contributed by atoms with van der Waals surface area (Å²) in [6, 6.07) is 3.74. The largest absolute Gasteiger partial charge is 0.465 e. The molecule has 0 radical (unpaired) electrons. The van der Waals surface area contributed by atoms with Crippen LogP contribution in [0.25, 0.3) is 10.9 Å². The van der Waals surface area contributed by atoms with E-state index in [4.69, 9.17) is 10.5 Å². The summed E-state index contributed by atoms with van der Waals surface area (Å²) in [5.74, 6) is -0.753. The molecule has 2 aromatic rings. The number of carbonyl (C=O) groups is 1. The summed E-state index contributed by atoms with van der Waals surface area (Å²) in [6.07, 6.45) is 2.06. The van der Waals surface area contributed by atoms with E-state index in [1.54, 1.807) is 19.2 Å². The number of rotatable bonds is 4. The zero-order valence-electron chi connectivity index (χ0n) is 10.1. The molecule has 0 saturated heterocycles. The summed E-state index contributed by atoms with van der Waals surface area (Å²) in [6.45, 7) is 2.03. The van der Waals surface area contributed by atoms with Gasteiger partial charge >= 0.3 is 5.97 Å². The van der Waals surface area contributed by atoms with E-state index in [1.807, 2.05) is 0 Å². The van der Waals surface area contributed by atoms with Crippen molar-refractivity contribution in [3.05, 3.63) is 35.8 Å². The smallest absolute Gasteiger partial charge is 0.323 e. The summed E-state index contributed by atoms with van der Waals surface area (Å²) in [5.41, 5.74) is 7.37. The number of halogens is 1. The molecule has 1 heterocycles. The summed E-state index contributed by atoms with van der Waals surface area (Å²) in [7, 11) is 0. The van der Waals surface area contributed by atoms with Gasteiger partial charge in [-0.05, 0) is 30.7 Å². The normalized spacial score (nSPS) is 12.6. The van der Waals surface area contributed by atoms with Gasteiger partial charge in [-0.2, -0.15) is 0 Å². The second-order valence-corrected chi connectivity index (χ2v) is 4.07. The molecule has 0 aliphatic rings. The molecule has 0 fully saturated rings. The highest BCUT2D eigenvalue weighted by Crippen LogP contribution is 2.20. The van der Waals surface area contributed by atoms with E-state index in [1.165, 1.54) is 12.1 Å². The Bertz CT molecular complexity index is 565. The summed E-state index contributed by atoms with van der Waals surface area (Å²) in [5, 5.41) is 0.745. The lowest BCUT2D eigenvalue weighted by Crippen LogP contribution is -2.34. The highest BCUT2D eigenvalue weighted by atomic mass is 19.1. The first-order valence-corrected chi connectivity index (χ1v) is 5.79. The quantitative estimate of drug-likeness (QED) is 0.812. The molecule has 1 aromatic heterocycles. The number of aromatic nitrogens is 1. The Morgan fingerprint density at radius 2 is 2.33 bits per heavy atom. The van der Waals surface area contributed by atoms with E-state index in [9.17, 15) is 9.18 Å². The first-order chi connectivity index (χ1) is 8.61. The minimum atomic E-state index is -0.729. The van der Waals surface area contributed by atoms with Gasteiger partial charge in [-0.25, -0.2) is 4.39 Å². The van der Waals surface area contributed by atoms with Gasteiger partial charge in [0.15, 0.2) is 0 Å². The SMILES string of the molecule is CCOC(=O)C(N)Cc1c[nH]c2ccc(F)cc12. The van der Waals surface area contributed by atoms with E-state index in [0.717, 1.165) is 16.5 Å². The molecule has 3 N–H and O–H groups in total. The summed E-state index contributed by atoms with van der Waals surface area (Å²) < 4.78 is 18.0. The van der Waals surface area contributed by atoms with Gasteiger partial charge in [-0.3, -0.25) is 4.79 Å². The van der Waals surface area contributed by atoms with Crippen molar-refractivity contribution in [3.63, 3.8) is 0 Å². The number of nitrogens with two attached hydrogens (primary N) is 1. The van der Waals surface area contributed by atoms with Gasteiger partial charge in [-0.15, -0.1) is 0 Å². The molecule has 4 nitrogen and oxygen atoms in total. The predicted octanol–water partition coefficient (Wildman–Crippen LogP) is 1.74. The maximum atomic E-state index is 13.2. The number of hydrogen-bond donors (Lipinski definition) is 2. The van der Waals surface area contributed by atoms with Gasteiger partial charge in [0.1, 0.15) is 11.9 Å². The topological polar surface area (TPSA) is 68.1 Å². The van der Waals surface area contributed by atoms with Crippen LogP contribution in [0.1, 0.15) is 12.5 Å². The Labute approximate surface area is 104 Å². The van der Waals surface area contributed by atoms with Crippen LogP contribution < -0.4 is 5.73 Å². The molecule has 5 heteroatoms. The first-order valence-electron chi connectivity index (χ1n) is 5.79. The van der Waals surface area contributed by atoms with E-state index in [2.05, 4.69) is 4.98 Å². The van der Waals surface area contributed by atoms with Crippen molar-refractivity contribution in [3.8, 4) is 0 Å². The fourth-order valence-corrected chi connectivity index (χ4v) is 1.89. The van der Waals surface area contributed by atoms with E-state index < -0.39 is 12.0 Å². The van der Waals surface area contributed by atoms with Crippen LogP contribution in [0, 0.1) is 5.82 Å². The number of ether oxygens (including phenoxy) is 1. The number of esters is 1. The van der Waals surface area contributed by atoms with Crippen molar-refractivity contribution in [1.82, 2.24) is 4.98 Å². The molecule has 0 amide bonds. The third kappa shape index (κ3) is 2.51. The Kier molecular flexibility index (Phi) is 3.62. The van der Waals surface area contributed by atoms with E-state index in [0.29, 0.717) is 13.0 Å². The standard InChI is InChI=1S/C13H15FN2O2/c1-2-18-13(17)11(15)5-8-7-16-12-4-3-9(14)6-10(8)12/h3-4,6-7,11,16H,2,5,15H2,1H3. The Balaban J connectivity index is 2.21. The van der Waals surface area contributed by atoms with Crippen LogP contribution in [0.3, 0.4) is 0 Å². The summed E-state index contributed by atoms with van der Waals surface area (Å²) in [4.78, 5) is 14.5. The predicted molar refractivity (Wildman–Crippen MR) is 66.6 cm³/mol. The average molecular weight is 250 g/mol. The van der Waals surface area contributed by atoms with E-state index in [-0.39, 0.29) is 5.82 Å². The molecule has 2 rings (SSSR count). The molecule has 1 aromatic carbocycles. The van der Waals surface area contributed by atoms with Crippen LogP contribution in [0.2, 0.25) is 0 Å². The van der Waals surface area contributed by atoms with Gasteiger partial charge in [0.2, 0.25) is 0 Å². The number of hydrogen-bond acceptors (Lipinski definition) is 3. The molecule has 0 spiro atoms. The van der Waals surface area contributed by atoms with Crippen LogP contribution in [0.15, 0.2) is 24.4 Å². The molecule has 18 heavy (non-hydrogen) atoms. The highest BCUT2D eigenvalue weighted by molar-refractivity contribution is 5.84. The number of fused-ring (bicyclic) bond motifs is 1. The van der Waals surface area contributed by atoms with Crippen molar-refractivity contribution < 1.29 is 13.9 Å². The van der Waals surface area contributed by atoms with Gasteiger partial charge in [0.05, 0.1) is 6.61 Å². The average Bonchev–Trinajstić information content (AvgIpc) is 2.72. The molecule has 96 valence electrons. The monoisotopic (exact) mass is 250 g/mol. The molecule has 0 bridgehead atoms. The molecule has 1 unspecified atom stereocenters. The lowest BCUT2D eigenvalue weighted by atomic mass is 10.1. The third-order valence-electron chi connectivity index (χ3n) is 2.76.